The lowest BCUT2D eigenvalue weighted by molar-refractivity contribution is -0.116. The molecule has 2 aliphatic rings. The topological polar surface area (TPSA) is 87.0 Å². The fourth-order valence-corrected chi connectivity index (χ4v) is 4.29. The first-order chi connectivity index (χ1) is 15.6. The molecule has 2 aliphatic heterocycles. The molecule has 0 aliphatic carbocycles. The summed E-state index contributed by atoms with van der Waals surface area (Å²) in [6.45, 7) is 1.04. The van der Waals surface area contributed by atoms with Crippen molar-refractivity contribution in [2.45, 2.75) is 18.9 Å². The Morgan fingerprint density at radius 1 is 0.938 bits per heavy atom. The lowest BCUT2D eigenvalue weighted by Crippen LogP contribution is -2.48. The smallest absolute Gasteiger partial charge is 0.332 e. The van der Waals surface area contributed by atoms with Crippen LogP contribution in [0.15, 0.2) is 71.3 Å². The molecule has 32 heavy (non-hydrogen) atoms. The number of urea groups is 1. The SMILES string of the molecule is O=C(c1cc(-c2ccccc2)on1)N1CCC(N2CC(=O)N(c3ccccc3)C2=O)CC1. The normalized spacial score (nSPS) is 17.3. The zero-order chi connectivity index (χ0) is 22.1. The number of anilines is 1. The molecule has 0 radical (unpaired) electrons. The predicted octanol–water partition coefficient (Wildman–Crippen LogP) is 3.42. The van der Waals surface area contributed by atoms with Crippen LogP contribution in [0, 0.1) is 0 Å². The minimum Gasteiger partial charge on any atom is -0.355 e. The lowest BCUT2D eigenvalue weighted by atomic mass is 10.0. The number of para-hydroxylation sites is 1. The number of hydrogen-bond donors (Lipinski definition) is 0. The lowest BCUT2D eigenvalue weighted by Gasteiger charge is -2.35. The second-order valence-electron chi connectivity index (χ2n) is 7.94. The number of likely N-dealkylation sites (tertiary alicyclic amines) is 1. The first kappa shape index (κ1) is 20.0. The highest BCUT2D eigenvalue weighted by Crippen LogP contribution is 2.27. The van der Waals surface area contributed by atoms with Crippen molar-refractivity contribution in [1.82, 2.24) is 15.0 Å². The molecule has 3 aromatic rings. The van der Waals surface area contributed by atoms with Gasteiger partial charge in [0.25, 0.3) is 11.8 Å². The number of hydrogen-bond acceptors (Lipinski definition) is 5. The van der Waals surface area contributed by atoms with Gasteiger partial charge in [-0.15, -0.1) is 0 Å². The molecule has 2 saturated heterocycles. The van der Waals surface area contributed by atoms with Crippen LogP contribution in [-0.4, -0.2) is 58.5 Å². The number of nitrogens with zero attached hydrogens (tertiary/aromatic N) is 4. The van der Waals surface area contributed by atoms with E-state index < -0.39 is 0 Å². The van der Waals surface area contributed by atoms with Gasteiger partial charge in [0.1, 0.15) is 6.54 Å². The van der Waals surface area contributed by atoms with Crippen LogP contribution in [0.5, 0.6) is 0 Å². The molecule has 5 rings (SSSR count). The summed E-state index contributed by atoms with van der Waals surface area (Å²) in [5.41, 5.74) is 1.71. The molecule has 2 aromatic carbocycles. The highest BCUT2D eigenvalue weighted by Gasteiger charge is 2.42. The summed E-state index contributed by atoms with van der Waals surface area (Å²) in [5, 5.41) is 3.95. The zero-order valence-corrected chi connectivity index (χ0v) is 17.4. The van der Waals surface area contributed by atoms with E-state index in [1.165, 1.54) is 4.90 Å². The second kappa shape index (κ2) is 8.30. The Hall–Kier alpha value is -3.94. The van der Waals surface area contributed by atoms with Crippen molar-refractivity contribution in [3.05, 3.63) is 72.4 Å². The van der Waals surface area contributed by atoms with Gasteiger partial charge >= 0.3 is 6.03 Å². The van der Waals surface area contributed by atoms with E-state index >= 15 is 0 Å². The van der Waals surface area contributed by atoms with Crippen LogP contribution in [0.25, 0.3) is 11.3 Å². The van der Waals surface area contributed by atoms with Gasteiger partial charge in [-0.2, -0.15) is 0 Å². The fraction of sp³-hybridized carbons (Fsp3) is 0.250. The molecule has 0 unspecified atom stereocenters. The van der Waals surface area contributed by atoms with Crippen molar-refractivity contribution in [3.8, 4) is 11.3 Å². The van der Waals surface area contributed by atoms with E-state index in [1.807, 2.05) is 36.4 Å². The number of piperidine rings is 1. The first-order valence-corrected chi connectivity index (χ1v) is 10.6. The Morgan fingerprint density at radius 3 is 2.28 bits per heavy atom. The number of imide groups is 1. The Kier molecular flexibility index (Phi) is 5.18. The number of aromatic nitrogens is 1. The van der Waals surface area contributed by atoms with E-state index in [4.69, 9.17) is 4.52 Å². The van der Waals surface area contributed by atoms with Gasteiger partial charge in [-0.05, 0) is 25.0 Å². The summed E-state index contributed by atoms with van der Waals surface area (Å²) < 4.78 is 5.35. The molecule has 0 spiro atoms. The number of amides is 4. The molecule has 8 nitrogen and oxygen atoms in total. The van der Waals surface area contributed by atoms with Crippen molar-refractivity contribution in [2.24, 2.45) is 0 Å². The summed E-state index contributed by atoms with van der Waals surface area (Å²) >= 11 is 0. The average molecular weight is 430 g/mol. The minimum atomic E-state index is -0.296. The van der Waals surface area contributed by atoms with Crippen molar-refractivity contribution in [1.29, 1.82) is 0 Å². The molecule has 1 aromatic heterocycles. The van der Waals surface area contributed by atoms with E-state index in [1.54, 1.807) is 40.1 Å². The molecular weight excluding hydrogens is 408 g/mol. The Bertz CT molecular complexity index is 1140. The highest BCUT2D eigenvalue weighted by atomic mass is 16.5. The van der Waals surface area contributed by atoms with Gasteiger partial charge in [0.2, 0.25) is 0 Å². The van der Waals surface area contributed by atoms with E-state index in [2.05, 4.69) is 5.16 Å². The summed E-state index contributed by atoms with van der Waals surface area (Å²) in [4.78, 5) is 42.9. The van der Waals surface area contributed by atoms with Crippen LogP contribution >= 0.6 is 0 Å². The molecule has 0 N–H and O–H groups in total. The van der Waals surface area contributed by atoms with Crippen molar-refractivity contribution in [3.63, 3.8) is 0 Å². The van der Waals surface area contributed by atoms with Crippen molar-refractivity contribution < 1.29 is 18.9 Å². The van der Waals surface area contributed by atoms with Crippen molar-refractivity contribution in [2.75, 3.05) is 24.5 Å². The summed E-state index contributed by atoms with van der Waals surface area (Å²) in [5.74, 6) is 0.130. The molecule has 0 saturated carbocycles. The van der Waals surface area contributed by atoms with Gasteiger partial charge in [0.15, 0.2) is 11.5 Å². The third-order valence-electron chi connectivity index (χ3n) is 5.99. The highest BCUT2D eigenvalue weighted by molar-refractivity contribution is 6.19. The third-order valence-corrected chi connectivity index (χ3v) is 5.99. The van der Waals surface area contributed by atoms with E-state index in [-0.39, 0.29) is 36.1 Å². The Labute approximate surface area is 185 Å². The maximum atomic E-state index is 12.9. The number of carbonyl (C=O) groups excluding carboxylic acids is 3. The second-order valence-corrected chi connectivity index (χ2v) is 7.94. The molecule has 0 atom stereocenters. The van der Waals surface area contributed by atoms with Gasteiger partial charge < -0.3 is 14.3 Å². The van der Waals surface area contributed by atoms with Crippen LogP contribution in [0.3, 0.4) is 0 Å². The quantitative estimate of drug-likeness (QED) is 0.592. The molecule has 2 fully saturated rings. The van der Waals surface area contributed by atoms with E-state index in [0.29, 0.717) is 37.4 Å². The number of rotatable bonds is 4. The standard InChI is InChI=1S/C24H22N4O4/c29-22-16-27(24(31)28(22)19-9-5-2-6-10-19)18-11-13-26(14-12-18)23(30)20-15-21(32-25-20)17-7-3-1-4-8-17/h1-10,15,18H,11-14,16H2. The molecule has 0 bridgehead atoms. The first-order valence-electron chi connectivity index (χ1n) is 10.6. The van der Waals surface area contributed by atoms with Gasteiger partial charge in [0, 0.05) is 30.8 Å². The van der Waals surface area contributed by atoms with Crippen LogP contribution < -0.4 is 4.90 Å². The Morgan fingerprint density at radius 2 is 1.59 bits per heavy atom. The predicted molar refractivity (Wildman–Crippen MR) is 117 cm³/mol. The number of carbonyl (C=O) groups is 3. The molecule has 8 heteroatoms. The maximum absolute atomic E-state index is 12.9. The molecule has 4 amide bonds. The zero-order valence-electron chi connectivity index (χ0n) is 17.4. The Balaban J connectivity index is 1.22. The molecule has 3 heterocycles. The van der Waals surface area contributed by atoms with E-state index in [0.717, 1.165) is 5.56 Å². The van der Waals surface area contributed by atoms with Crippen LogP contribution in [0.4, 0.5) is 10.5 Å². The van der Waals surface area contributed by atoms with Gasteiger partial charge in [-0.3, -0.25) is 9.59 Å². The fourth-order valence-electron chi connectivity index (χ4n) is 4.29. The summed E-state index contributed by atoms with van der Waals surface area (Å²) in [7, 11) is 0. The number of benzene rings is 2. The van der Waals surface area contributed by atoms with Crippen LogP contribution in [0.1, 0.15) is 23.3 Å². The monoisotopic (exact) mass is 430 g/mol. The van der Waals surface area contributed by atoms with E-state index in [9.17, 15) is 14.4 Å². The van der Waals surface area contributed by atoms with Gasteiger partial charge in [0.05, 0.1) is 5.69 Å². The van der Waals surface area contributed by atoms with Crippen LogP contribution in [-0.2, 0) is 4.79 Å². The van der Waals surface area contributed by atoms with Gasteiger partial charge in [-0.25, -0.2) is 9.69 Å². The third kappa shape index (κ3) is 3.64. The maximum Gasteiger partial charge on any atom is 0.332 e. The molecule has 162 valence electrons. The summed E-state index contributed by atoms with van der Waals surface area (Å²) in [6.07, 6.45) is 1.22. The largest absolute Gasteiger partial charge is 0.355 e. The average Bonchev–Trinajstić information content (AvgIpc) is 3.45. The van der Waals surface area contributed by atoms with Crippen molar-refractivity contribution >= 4 is 23.5 Å². The van der Waals surface area contributed by atoms with Gasteiger partial charge in [-0.1, -0.05) is 53.7 Å². The van der Waals surface area contributed by atoms with Crippen LogP contribution in [0.2, 0.25) is 0 Å². The molecular formula is C24H22N4O4. The minimum absolute atomic E-state index is 0.0655. The summed E-state index contributed by atoms with van der Waals surface area (Å²) in [6, 6.07) is 19.7.